The summed E-state index contributed by atoms with van der Waals surface area (Å²) in [4.78, 5) is 0. The van der Waals surface area contributed by atoms with Crippen LogP contribution in [0.3, 0.4) is 0 Å². The van der Waals surface area contributed by atoms with E-state index >= 15 is 0 Å². The van der Waals surface area contributed by atoms with Crippen LogP contribution in [-0.4, -0.2) is 7.85 Å². The minimum atomic E-state index is 0.972. The van der Waals surface area contributed by atoms with Crippen LogP contribution in [0.25, 0.3) is 11.0 Å². The topological polar surface area (TPSA) is 13.1 Å². The van der Waals surface area contributed by atoms with Gasteiger partial charge in [0, 0.05) is 5.39 Å². The third kappa shape index (κ3) is 0.729. The Labute approximate surface area is 60.1 Å². The SMILES string of the molecule is Bc1ccc2ccoc2c1. The quantitative estimate of drug-likeness (QED) is 0.478. The van der Waals surface area contributed by atoms with Gasteiger partial charge in [-0.1, -0.05) is 17.6 Å². The van der Waals surface area contributed by atoms with Crippen LogP contribution >= 0.6 is 0 Å². The predicted molar refractivity (Wildman–Crippen MR) is 44.4 cm³/mol. The molecule has 1 heterocycles. The van der Waals surface area contributed by atoms with Gasteiger partial charge in [-0.2, -0.15) is 0 Å². The first-order chi connectivity index (χ1) is 4.86. The van der Waals surface area contributed by atoms with Crippen molar-refractivity contribution in [3.05, 3.63) is 30.5 Å². The van der Waals surface area contributed by atoms with Crippen LogP contribution in [0, 0.1) is 0 Å². The summed E-state index contributed by atoms with van der Waals surface area (Å²) in [5, 5.41) is 1.17. The van der Waals surface area contributed by atoms with Crippen molar-refractivity contribution in [2.24, 2.45) is 0 Å². The van der Waals surface area contributed by atoms with E-state index in [9.17, 15) is 0 Å². The molecule has 0 aliphatic rings. The molecule has 0 atom stereocenters. The molecule has 0 fully saturated rings. The lowest BCUT2D eigenvalue weighted by Gasteiger charge is -1.89. The van der Waals surface area contributed by atoms with Crippen LogP contribution in [-0.2, 0) is 0 Å². The molecule has 2 rings (SSSR count). The van der Waals surface area contributed by atoms with Crippen molar-refractivity contribution in [2.75, 3.05) is 0 Å². The standard InChI is InChI=1S/C8H7BO/c9-7-2-1-6-3-4-10-8(6)5-7/h1-5H,9H2. The molecule has 1 aromatic carbocycles. The number of benzene rings is 1. The Morgan fingerprint density at radius 1 is 1.20 bits per heavy atom. The van der Waals surface area contributed by atoms with E-state index < -0.39 is 0 Å². The highest BCUT2D eigenvalue weighted by Crippen LogP contribution is 2.11. The smallest absolute Gasteiger partial charge is 0.139 e. The molecule has 2 aromatic rings. The van der Waals surface area contributed by atoms with Gasteiger partial charge in [0.15, 0.2) is 0 Å². The second-order valence-electron chi connectivity index (χ2n) is 2.46. The van der Waals surface area contributed by atoms with Crippen LogP contribution in [0.4, 0.5) is 0 Å². The number of furan rings is 1. The van der Waals surface area contributed by atoms with Gasteiger partial charge in [-0.25, -0.2) is 0 Å². The average Bonchev–Trinajstić information content (AvgIpc) is 2.33. The van der Waals surface area contributed by atoms with Gasteiger partial charge in [0.1, 0.15) is 13.4 Å². The lowest BCUT2D eigenvalue weighted by atomic mass is 9.96. The van der Waals surface area contributed by atoms with Crippen molar-refractivity contribution >= 4 is 24.3 Å². The largest absolute Gasteiger partial charge is 0.464 e. The van der Waals surface area contributed by atoms with Crippen LogP contribution in [0.15, 0.2) is 34.9 Å². The van der Waals surface area contributed by atoms with E-state index in [4.69, 9.17) is 4.42 Å². The van der Waals surface area contributed by atoms with E-state index in [1.54, 1.807) is 6.26 Å². The Morgan fingerprint density at radius 3 is 3.00 bits per heavy atom. The van der Waals surface area contributed by atoms with E-state index in [0.717, 1.165) is 5.58 Å². The average molecular weight is 130 g/mol. The summed E-state index contributed by atoms with van der Waals surface area (Å²) in [5.74, 6) is 0. The number of hydrogen-bond donors (Lipinski definition) is 0. The molecule has 2 heteroatoms. The van der Waals surface area contributed by atoms with Gasteiger partial charge in [0.25, 0.3) is 0 Å². The molecule has 0 spiro atoms. The second kappa shape index (κ2) is 1.91. The van der Waals surface area contributed by atoms with E-state index in [1.165, 1.54) is 10.8 Å². The molecule has 48 valence electrons. The van der Waals surface area contributed by atoms with E-state index in [0.29, 0.717) is 0 Å². The molecule has 0 unspecified atom stereocenters. The fraction of sp³-hybridized carbons (Fsp3) is 0. The first-order valence-corrected chi connectivity index (χ1v) is 3.30. The zero-order chi connectivity index (χ0) is 6.97. The molecular weight excluding hydrogens is 123 g/mol. The highest BCUT2D eigenvalue weighted by molar-refractivity contribution is 6.33. The molecule has 1 nitrogen and oxygen atoms in total. The zero-order valence-corrected chi connectivity index (χ0v) is 5.79. The monoisotopic (exact) mass is 130 g/mol. The summed E-state index contributed by atoms with van der Waals surface area (Å²) < 4.78 is 5.20. The van der Waals surface area contributed by atoms with Gasteiger partial charge >= 0.3 is 0 Å². The van der Waals surface area contributed by atoms with Gasteiger partial charge in [-0.3, -0.25) is 0 Å². The molecule has 0 aliphatic heterocycles. The second-order valence-corrected chi connectivity index (χ2v) is 2.46. The van der Waals surface area contributed by atoms with E-state index in [2.05, 4.69) is 20.0 Å². The summed E-state index contributed by atoms with van der Waals surface area (Å²) in [6, 6.07) is 8.15. The Balaban J connectivity index is 2.86. The summed E-state index contributed by atoms with van der Waals surface area (Å²) in [6.07, 6.45) is 1.71. The van der Waals surface area contributed by atoms with Crippen LogP contribution in [0.5, 0.6) is 0 Å². The fourth-order valence-electron chi connectivity index (χ4n) is 1.06. The lowest BCUT2D eigenvalue weighted by Crippen LogP contribution is -1.98. The van der Waals surface area contributed by atoms with E-state index in [1.807, 2.05) is 12.1 Å². The normalized spacial score (nSPS) is 10.4. The minimum Gasteiger partial charge on any atom is -0.464 e. The van der Waals surface area contributed by atoms with Crippen LogP contribution < -0.4 is 5.46 Å². The molecule has 0 N–H and O–H groups in total. The Morgan fingerprint density at radius 2 is 2.10 bits per heavy atom. The summed E-state index contributed by atoms with van der Waals surface area (Å²) in [7, 11) is 2.06. The Kier molecular flexibility index (Phi) is 1.07. The van der Waals surface area contributed by atoms with Gasteiger partial charge in [-0.15, -0.1) is 0 Å². The maximum Gasteiger partial charge on any atom is 0.139 e. The number of fused-ring (bicyclic) bond motifs is 1. The molecule has 0 radical (unpaired) electrons. The van der Waals surface area contributed by atoms with Crippen molar-refractivity contribution in [3.63, 3.8) is 0 Å². The molecule has 0 saturated heterocycles. The van der Waals surface area contributed by atoms with Crippen molar-refractivity contribution in [1.82, 2.24) is 0 Å². The maximum absolute atomic E-state index is 5.20. The van der Waals surface area contributed by atoms with Gasteiger partial charge in [0.2, 0.25) is 0 Å². The molecule has 0 amide bonds. The van der Waals surface area contributed by atoms with Gasteiger partial charge in [0.05, 0.1) is 6.26 Å². The molecule has 0 bridgehead atoms. The number of hydrogen-bond acceptors (Lipinski definition) is 1. The Bertz CT molecular complexity index is 351. The lowest BCUT2D eigenvalue weighted by molar-refractivity contribution is 0.616. The molecule has 0 saturated carbocycles. The van der Waals surface area contributed by atoms with Crippen molar-refractivity contribution in [3.8, 4) is 0 Å². The minimum absolute atomic E-state index is 0.972. The van der Waals surface area contributed by atoms with Crippen LogP contribution in [0.1, 0.15) is 0 Å². The zero-order valence-electron chi connectivity index (χ0n) is 5.79. The predicted octanol–water partition coefficient (Wildman–Crippen LogP) is 0.691. The third-order valence-corrected chi connectivity index (χ3v) is 1.61. The van der Waals surface area contributed by atoms with E-state index in [-0.39, 0.29) is 0 Å². The third-order valence-electron chi connectivity index (χ3n) is 1.61. The molecular formula is C8H7BO. The highest BCUT2D eigenvalue weighted by atomic mass is 16.3. The van der Waals surface area contributed by atoms with Crippen molar-refractivity contribution in [2.45, 2.75) is 0 Å². The maximum atomic E-state index is 5.20. The van der Waals surface area contributed by atoms with Gasteiger partial charge in [-0.05, 0) is 12.1 Å². The first-order valence-electron chi connectivity index (χ1n) is 3.30. The first kappa shape index (κ1) is 5.60. The molecule has 0 aliphatic carbocycles. The molecule has 1 aromatic heterocycles. The van der Waals surface area contributed by atoms with Crippen molar-refractivity contribution in [1.29, 1.82) is 0 Å². The van der Waals surface area contributed by atoms with Gasteiger partial charge < -0.3 is 4.42 Å². The summed E-state index contributed by atoms with van der Waals surface area (Å²) >= 11 is 0. The summed E-state index contributed by atoms with van der Waals surface area (Å²) in [5.41, 5.74) is 2.21. The van der Waals surface area contributed by atoms with Crippen molar-refractivity contribution < 1.29 is 4.42 Å². The fourth-order valence-corrected chi connectivity index (χ4v) is 1.06. The highest BCUT2D eigenvalue weighted by Gasteiger charge is 1.93. The Hall–Kier alpha value is -1.18. The summed E-state index contributed by atoms with van der Waals surface area (Å²) in [6.45, 7) is 0. The number of rotatable bonds is 0. The van der Waals surface area contributed by atoms with Crippen LogP contribution in [0.2, 0.25) is 0 Å². The molecule has 10 heavy (non-hydrogen) atoms.